The van der Waals surface area contributed by atoms with E-state index >= 15 is 0 Å². The summed E-state index contributed by atoms with van der Waals surface area (Å²) < 4.78 is 10.4. The molecule has 0 unspecified atom stereocenters. The molecule has 0 spiro atoms. The molecule has 0 heterocycles. The standard InChI is InChI=1S/C21H33NO4/c1-3-4-5-6-7-8-11-17-26-21(24)16-12-15-20(23)22-18-13-9-10-14-19(18)25-2/h9-10,13-14H,3-8,11-12,15-17H2,1-2H3,(H,22,23). The lowest BCUT2D eigenvalue weighted by molar-refractivity contribution is -0.143. The van der Waals surface area contributed by atoms with Gasteiger partial charge in [0.1, 0.15) is 5.75 Å². The van der Waals surface area contributed by atoms with Gasteiger partial charge in [0.2, 0.25) is 5.91 Å². The van der Waals surface area contributed by atoms with E-state index in [-0.39, 0.29) is 24.7 Å². The molecule has 1 rings (SSSR count). The first-order chi connectivity index (χ1) is 12.7. The van der Waals surface area contributed by atoms with Crippen LogP contribution in [-0.4, -0.2) is 25.6 Å². The van der Waals surface area contributed by atoms with Crippen LogP contribution in [-0.2, 0) is 14.3 Å². The van der Waals surface area contributed by atoms with Gasteiger partial charge in [-0.2, -0.15) is 0 Å². The number of hydrogen-bond acceptors (Lipinski definition) is 4. The van der Waals surface area contributed by atoms with Crippen LogP contribution in [0.5, 0.6) is 5.75 Å². The molecular formula is C21H33NO4. The maximum atomic E-state index is 12.0. The molecule has 1 aromatic carbocycles. The van der Waals surface area contributed by atoms with E-state index in [1.165, 1.54) is 32.1 Å². The van der Waals surface area contributed by atoms with E-state index in [1.807, 2.05) is 12.1 Å². The van der Waals surface area contributed by atoms with E-state index in [9.17, 15) is 9.59 Å². The third-order valence-corrected chi connectivity index (χ3v) is 4.18. The van der Waals surface area contributed by atoms with Crippen LogP contribution in [0.1, 0.15) is 71.1 Å². The number of nitrogens with one attached hydrogen (secondary N) is 1. The molecule has 0 radical (unpaired) electrons. The van der Waals surface area contributed by atoms with Gasteiger partial charge in [0.25, 0.3) is 0 Å². The van der Waals surface area contributed by atoms with Gasteiger partial charge < -0.3 is 14.8 Å². The summed E-state index contributed by atoms with van der Waals surface area (Å²) >= 11 is 0. The smallest absolute Gasteiger partial charge is 0.305 e. The van der Waals surface area contributed by atoms with Crippen LogP contribution in [0.25, 0.3) is 0 Å². The highest BCUT2D eigenvalue weighted by Gasteiger charge is 2.09. The molecule has 5 heteroatoms. The highest BCUT2D eigenvalue weighted by atomic mass is 16.5. The quantitative estimate of drug-likeness (QED) is 0.369. The maximum absolute atomic E-state index is 12.0. The second-order valence-electron chi connectivity index (χ2n) is 6.44. The molecule has 26 heavy (non-hydrogen) atoms. The number of hydrogen-bond donors (Lipinski definition) is 1. The minimum Gasteiger partial charge on any atom is -0.495 e. The molecule has 0 fully saturated rings. The van der Waals surface area contributed by atoms with Gasteiger partial charge in [-0.1, -0.05) is 57.6 Å². The fourth-order valence-corrected chi connectivity index (χ4v) is 2.67. The first-order valence-corrected chi connectivity index (χ1v) is 9.75. The van der Waals surface area contributed by atoms with E-state index in [2.05, 4.69) is 12.2 Å². The largest absolute Gasteiger partial charge is 0.495 e. The number of unbranched alkanes of at least 4 members (excludes halogenated alkanes) is 6. The number of carbonyl (C=O) groups excluding carboxylic acids is 2. The van der Waals surface area contributed by atoms with Gasteiger partial charge in [-0.3, -0.25) is 9.59 Å². The van der Waals surface area contributed by atoms with Gasteiger partial charge in [0.15, 0.2) is 0 Å². The molecule has 5 nitrogen and oxygen atoms in total. The molecule has 0 saturated heterocycles. The molecule has 146 valence electrons. The third kappa shape index (κ3) is 10.1. The summed E-state index contributed by atoms with van der Waals surface area (Å²) in [5.41, 5.74) is 0.640. The highest BCUT2D eigenvalue weighted by molar-refractivity contribution is 5.92. The molecule has 0 aliphatic heterocycles. The van der Waals surface area contributed by atoms with Crippen LogP contribution in [0.3, 0.4) is 0 Å². The van der Waals surface area contributed by atoms with Gasteiger partial charge in [0, 0.05) is 12.8 Å². The molecule has 1 N–H and O–H groups in total. The van der Waals surface area contributed by atoms with E-state index in [0.717, 1.165) is 12.8 Å². The van der Waals surface area contributed by atoms with Gasteiger partial charge in [-0.25, -0.2) is 0 Å². The molecule has 0 bridgehead atoms. The van der Waals surface area contributed by atoms with Crippen LogP contribution in [0.15, 0.2) is 24.3 Å². The van der Waals surface area contributed by atoms with Crippen LogP contribution in [0.4, 0.5) is 5.69 Å². The Bertz CT molecular complexity index is 530. The van der Waals surface area contributed by atoms with Crippen LogP contribution in [0.2, 0.25) is 0 Å². The zero-order valence-electron chi connectivity index (χ0n) is 16.2. The predicted octanol–water partition coefficient (Wildman–Crippen LogP) is 5.10. The van der Waals surface area contributed by atoms with Crippen LogP contribution < -0.4 is 10.1 Å². The lowest BCUT2D eigenvalue weighted by Gasteiger charge is -2.09. The first-order valence-electron chi connectivity index (χ1n) is 9.75. The Morgan fingerprint density at radius 1 is 0.923 bits per heavy atom. The Kier molecular flexibility index (Phi) is 12.0. The number of carbonyl (C=O) groups is 2. The minimum absolute atomic E-state index is 0.130. The highest BCUT2D eigenvalue weighted by Crippen LogP contribution is 2.23. The van der Waals surface area contributed by atoms with Crippen molar-refractivity contribution in [2.75, 3.05) is 19.0 Å². The second kappa shape index (κ2) is 14.2. The Labute approximate surface area is 157 Å². The SMILES string of the molecule is CCCCCCCCCOC(=O)CCCC(=O)Nc1ccccc1OC. The number of para-hydroxylation sites is 2. The summed E-state index contributed by atoms with van der Waals surface area (Å²) in [7, 11) is 1.56. The summed E-state index contributed by atoms with van der Waals surface area (Å²) in [6.45, 7) is 2.70. The molecular weight excluding hydrogens is 330 g/mol. The number of methoxy groups -OCH3 is 1. The fraction of sp³-hybridized carbons (Fsp3) is 0.619. The topological polar surface area (TPSA) is 64.6 Å². The Balaban J connectivity index is 2.06. The number of amides is 1. The monoisotopic (exact) mass is 363 g/mol. The van der Waals surface area contributed by atoms with Crippen molar-refractivity contribution in [3.63, 3.8) is 0 Å². The number of esters is 1. The van der Waals surface area contributed by atoms with Crippen molar-refractivity contribution >= 4 is 17.6 Å². The van der Waals surface area contributed by atoms with Crippen molar-refractivity contribution in [2.24, 2.45) is 0 Å². The molecule has 0 aliphatic carbocycles. The van der Waals surface area contributed by atoms with E-state index in [0.29, 0.717) is 24.5 Å². The van der Waals surface area contributed by atoms with Crippen LogP contribution >= 0.6 is 0 Å². The number of anilines is 1. The number of rotatable bonds is 14. The van der Waals surface area contributed by atoms with E-state index in [1.54, 1.807) is 19.2 Å². The van der Waals surface area contributed by atoms with Crippen molar-refractivity contribution in [1.29, 1.82) is 0 Å². The summed E-state index contributed by atoms with van der Waals surface area (Å²) in [6, 6.07) is 7.25. The Morgan fingerprint density at radius 2 is 1.62 bits per heavy atom. The van der Waals surface area contributed by atoms with Gasteiger partial charge in [-0.05, 0) is 25.0 Å². The lowest BCUT2D eigenvalue weighted by atomic mass is 10.1. The van der Waals surface area contributed by atoms with Gasteiger partial charge in [0.05, 0.1) is 19.4 Å². The van der Waals surface area contributed by atoms with Crippen molar-refractivity contribution in [2.45, 2.75) is 71.1 Å². The minimum atomic E-state index is -0.221. The van der Waals surface area contributed by atoms with Gasteiger partial charge >= 0.3 is 5.97 Å². The summed E-state index contributed by atoms with van der Waals surface area (Å²) in [6.07, 6.45) is 9.41. The average Bonchev–Trinajstić information content (AvgIpc) is 2.64. The number of ether oxygens (including phenoxy) is 2. The molecule has 0 aliphatic rings. The normalized spacial score (nSPS) is 10.4. The van der Waals surface area contributed by atoms with Crippen molar-refractivity contribution in [3.05, 3.63) is 24.3 Å². The predicted molar refractivity (Wildman–Crippen MR) is 104 cm³/mol. The summed E-state index contributed by atoms with van der Waals surface area (Å²) in [5, 5.41) is 2.80. The second-order valence-corrected chi connectivity index (χ2v) is 6.44. The molecule has 0 saturated carbocycles. The number of benzene rings is 1. The van der Waals surface area contributed by atoms with E-state index in [4.69, 9.17) is 9.47 Å². The van der Waals surface area contributed by atoms with Crippen LogP contribution in [0, 0.1) is 0 Å². The molecule has 1 amide bonds. The summed E-state index contributed by atoms with van der Waals surface area (Å²) in [5.74, 6) is 0.269. The molecule has 1 aromatic rings. The Hall–Kier alpha value is -2.04. The Morgan fingerprint density at radius 3 is 2.35 bits per heavy atom. The third-order valence-electron chi connectivity index (χ3n) is 4.18. The van der Waals surface area contributed by atoms with Crippen molar-refractivity contribution < 1.29 is 19.1 Å². The van der Waals surface area contributed by atoms with Crippen molar-refractivity contribution in [1.82, 2.24) is 0 Å². The summed E-state index contributed by atoms with van der Waals surface area (Å²) in [4.78, 5) is 23.6. The molecule has 0 atom stereocenters. The zero-order valence-corrected chi connectivity index (χ0v) is 16.2. The first kappa shape index (κ1) is 22.0. The average molecular weight is 363 g/mol. The van der Waals surface area contributed by atoms with Gasteiger partial charge in [-0.15, -0.1) is 0 Å². The zero-order chi connectivity index (χ0) is 19.0. The molecule has 0 aromatic heterocycles. The van der Waals surface area contributed by atoms with Crippen molar-refractivity contribution in [3.8, 4) is 5.75 Å². The van der Waals surface area contributed by atoms with E-state index < -0.39 is 0 Å². The lowest BCUT2D eigenvalue weighted by Crippen LogP contribution is -2.13. The fourth-order valence-electron chi connectivity index (χ4n) is 2.67. The maximum Gasteiger partial charge on any atom is 0.305 e.